The maximum atomic E-state index is 12.9. The number of piperidine rings is 1. The van der Waals surface area contributed by atoms with Crippen LogP contribution in [0.2, 0.25) is 0 Å². The summed E-state index contributed by atoms with van der Waals surface area (Å²) in [4.78, 5) is 27.6. The fourth-order valence-electron chi connectivity index (χ4n) is 6.69. The Kier molecular flexibility index (Phi) is 9.26. The number of nitrogens with zero attached hydrogens (tertiary/aromatic N) is 1. The number of carbonyl (C=O) groups excluding carboxylic acids is 2. The maximum absolute atomic E-state index is 12.9. The van der Waals surface area contributed by atoms with Crippen LogP contribution >= 0.6 is 0 Å². The van der Waals surface area contributed by atoms with Crippen LogP contribution in [0, 0.1) is 0 Å². The SMILES string of the molecule is C=CCN1CC[C@@]2(c3cccc(O)c3)C[C@H](NC(=O)CCCCCc3ccccc3)CC[C@]2(OC(C)=O)C1. The Morgan fingerprint density at radius 3 is 2.68 bits per heavy atom. The highest BCUT2D eigenvalue weighted by Crippen LogP contribution is 2.54. The van der Waals surface area contributed by atoms with Crippen LogP contribution in [0.15, 0.2) is 67.3 Å². The number of carbonyl (C=O) groups is 2. The number of benzene rings is 2. The number of hydrogen-bond donors (Lipinski definition) is 2. The van der Waals surface area contributed by atoms with Crippen molar-refractivity contribution < 1.29 is 19.4 Å². The first-order valence-corrected chi connectivity index (χ1v) is 14.0. The average molecular weight is 519 g/mol. The van der Waals surface area contributed by atoms with Crippen molar-refractivity contribution in [2.24, 2.45) is 0 Å². The molecule has 1 saturated heterocycles. The highest BCUT2D eigenvalue weighted by atomic mass is 16.6. The predicted molar refractivity (Wildman–Crippen MR) is 150 cm³/mol. The minimum atomic E-state index is -0.730. The number of aromatic hydroxyl groups is 1. The van der Waals surface area contributed by atoms with Crippen LogP contribution in [0.5, 0.6) is 5.75 Å². The number of phenolic OH excluding ortho intramolecular Hbond substituents is 1. The zero-order valence-electron chi connectivity index (χ0n) is 22.7. The molecule has 2 aromatic carbocycles. The van der Waals surface area contributed by atoms with E-state index in [1.807, 2.05) is 24.3 Å². The Hall–Kier alpha value is -3.12. The van der Waals surface area contributed by atoms with Crippen molar-refractivity contribution in [2.75, 3.05) is 19.6 Å². The number of hydrogen-bond acceptors (Lipinski definition) is 5. The maximum Gasteiger partial charge on any atom is 0.303 e. The Morgan fingerprint density at radius 2 is 1.95 bits per heavy atom. The summed E-state index contributed by atoms with van der Waals surface area (Å²) in [7, 11) is 0. The molecule has 3 atom stereocenters. The molecule has 4 rings (SSSR count). The number of fused-ring (bicyclic) bond motifs is 1. The third-order valence-electron chi connectivity index (χ3n) is 8.40. The molecule has 2 N–H and O–H groups in total. The number of unbranched alkanes of at least 4 members (excludes halogenated alkanes) is 2. The quantitative estimate of drug-likeness (QED) is 0.240. The summed E-state index contributed by atoms with van der Waals surface area (Å²) >= 11 is 0. The molecule has 1 aliphatic heterocycles. The predicted octanol–water partition coefficient (Wildman–Crippen LogP) is 5.30. The van der Waals surface area contributed by atoms with E-state index in [0.29, 0.717) is 25.8 Å². The van der Waals surface area contributed by atoms with Gasteiger partial charge in [0.05, 0.1) is 0 Å². The molecule has 1 amide bonds. The van der Waals surface area contributed by atoms with E-state index in [4.69, 9.17) is 4.74 Å². The molecule has 6 heteroatoms. The van der Waals surface area contributed by atoms with Crippen LogP contribution in [-0.2, 0) is 26.2 Å². The average Bonchev–Trinajstić information content (AvgIpc) is 2.89. The molecule has 0 unspecified atom stereocenters. The van der Waals surface area contributed by atoms with E-state index in [0.717, 1.165) is 57.2 Å². The first kappa shape index (κ1) is 27.9. The third-order valence-corrected chi connectivity index (χ3v) is 8.40. The largest absolute Gasteiger partial charge is 0.508 e. The number of likely N-dealkylation sites (tertiary alicyclic amines) is 1. The van der Waals surface area contributed by atoms with Crippen LogP contribution in [0.25, 0.3) is 0 Å². The Morgan fingerprint density at radius 1 is 1.13 bits per heavy atom. The van der Waals surface area contributed by atoms with E-state index >= 15 is 0 Å². The van der Waals surface area contributed by atoms with Crippen molar-refractivity contribution in [2.45, 2.75) is 81.8 Å². The van der Waals surface area contributed by atoms with Crippen LogP contribution in [0.3, 0.4) is 0 Å². The van der Waals surface area contributed by atoms with Gasteiger partial charge in [0.15, 0.2) is 0 Å². The summed E-state index contributed by atoms with van der Waals surface area (Å²) in [5, 5.41) is 13.7. The van der Waals surface area contributed by atoms with Gasteiger partial charge in [0.2, 0.25) is 5.91 Å². The molecule has 204 valence electrons. The molecular formula is C32H42N2O4. The summed E-state index contributed by atoms with van der Waals surface area (Å²) in [5.74, 6) is -0.0124. The topological polar surface area (TPSA) is 78.9 Å². The van der Waals surface area contributed by atoms with E-state index in [1.165, 1.54) is 12.5 Å². The lowest BCUT2D eigenvalue weighted by Gasteiger charge is -2.59. The van der Waals surface area contributed by atoms with Crippen molar-refractivity contribution in [1.29, 1.82) is 0 Å². The Labute approximate surface area is 227 Å². The van der Waals surface area contributed by atoms with Crippen LogP contribution in [0.1, 0.15) is 69.4 Å². The number of aryl methyl sites for hydroxylation is 1. The Balaban J connectivity index is 1.44. The van der Waals surface area contributed by atoms with Gasteiger partial charge in [-0.1, -0.05) is 55.0 Å². The van der Waals surface area contributed by atoms with E-state index in [1.54, 1.807) is 12.1 Å². The van der Waals surface area contributed by atoms with Crippen molar-refractivity contribution in [1.82, 2.24) is 10.2 Å². The molecule has 6 nitrogen and oxygen atoms in total. The van der Waals surface area contributed by atoms with Gasteiger partial charge in [-0.2, -0.15) is 0 Å². The van der Waals surface area contributed by atoms with Gasteiger partial charge in [-0.25, -0.2) is 0 Å². The second kappa shape index (κ2) is 12.6. The molecular weight excluding hydrogens is 476 g/mol. The van der Waals surface area contributed by atoms with Crippen LogP contribution in [-0.4, -0.2) is 53.2 Å². The standard InChI is InChI=1S/C32H42N2O4/c1-3-20-34-21-19-31(27-14-10-15-29(36)22-27)23-28(17-18-32(31,24-34)38-25(2)35)33-30(37)16-9-5-8-13-26-11-6-4-7-12-26/h3-4,6-7,10-12,14-15,22,28,36H,1,5,8-9,13,16-21,23-24H2,2H3,(H,33,37)/t28-,31+,32+/m1/s1. The van der Waals surface area contributed by atoms with E-state index in [2.05, 4.69) is 41.1 Å². The summed E-state index contributed by atoms with van der Waals surface area (Å²) in [6, 6.07) is 17.8. The van der Waals surface area contributed by atoms with Crippen molar-refractivity contribution in [3.63, 3.8) is 0 Å². The lowest BCUT2D eigenvalue weighted by Crippen LogP contribution is -2.68. The minimum absolute atomic E-state index is 0.0104. The lowest BCUT2D eigenvalue weighted by atomic mass is 9.55. The van der Waals surface area contributed by atoms with Gasteiger partial charge >= 0.3 is 5.97 Å². The molecule has 2 aromatic rings. The lowest BCUT2D eigenvalue weighted by molar-refractivity contribution is -0.186. The van der Waals surface area contributed by atoms with Gasteiger partial charge in [-0.15, -0.1) is 6.58 Å². The number of rotatable bonds is 11. The number of esters is 1. The molecule has 2 fully saturated rings. The molecule has 2 aliphatic rings. The number of phenols is 1. The van der Waals surface area contributed by atoms with Gasteiger partial charge in [-0.3, -0.25) is 14.5 Å². The molecule has 0 spiro atoms. The number of ether oxygens (including phenoxy) is 1. The monoisotopic (exact) mass is 518 g/mol. The van der Waals surface area contributed by atoms with Gasteiger partial charge in [0.25, 0.3) is 0 Å². The van der Waals surface area contributed by atoms with Crippen LogP contribution < -0.4 is 5.32 Å². The highest BCUT2D eigenvalue weighted by molar-refractivity contribution is 5.76. The zero-order chi connectivity index (χ0) is 27.0. The summed E-state index contributed by atoms with van der Waals surface area (Å²) in [5.41, 5.74) is 1.08. The van der Waals surface area contributed by atoms with Gasteiger partial charge < -0.3 is 15.2 Å². The minimum Gasteiger partial charge on any atom is -0.508 e. The zero-order valence-corrected chi connectivity index (χ0v) is 22.7. The first-order valence-electron chi connectivity index (χ1n) is 14.0. The molecule has 0 radical (unpaired) electrons. The Bertz CT molecular complexity index is 1100. The fraction of sp³-hybridized carbons (Fsp3) is 0.500. The first-order chi connectivity index (χ1) is 18.4. The van der Waals surface area contributed by atoms with Gasteiger partial charge in [0.1, 0.15) is 11.4 Å². The fourth-order valence-corrected chi connectivity index (χ4v) is 6.69. The third kappa shape index (κ3) is 6.47. The van der Waals surface area contributed by atoms with Crippen molar-refractivity contribution in [3.05, 3.63) is 78.4 Å². The van der Waals surface area contributed by atoms with E-state index < -0.39 is 11.0 Å². The summed E-state index contributed by atoms with van der Waals surface area (Å²) < 4.78 is 6.23. The van der Waals surface area contributed by atoms with Crippen molar-refractivity contribution in [3.8, 4) is 5.75 Å². The molecule has 1 heterocycles. The summed E-state index contributed by atoms with van der Waals surface area (Å²) in [6.45, 7) is 7.53. The molecule has 1 saturated carbocycles. The number of amides is 1. The smallest absolute Gasteiger partial charge is 0.303 e. The second-order valence-corrected chi connectivity index (χ2v) is 11.0. The number of nitrogens with one attached hydrogen (secondary N) is 1. The van der Waals surface area contributed by atoms with Gasteiger partial charge in [-0.05, 0) is 74.8 Å². The second-order valence-electron chi connectivity index (χ2n) is 11.0. The van der Waals surface area contributed by atoms with Gasteiger partial charge in [0, 0.05) is 37.9 Å². The molecule has 1 aliphatic carbocycles. The molecule has 0 bridgehead atoms. The normalized spacial score (nSPS) is 25.2. The van der Waals surface area contributed by atoms with Crippen LogP contribution in [0.4, 0.5) is 0 Å². The molecule has 0 aromatic heterocycles. The van der Waals surface area contributed by atoms with E-state index in [9.17, 15) is 14.7 Å². The van der Waals surface area contributed by atoms with Crippen molar-refractivity contribution >= 4 is 11.9 Å². The summed E-state index contributed by atoms with van der Waals surface area (Å²) in [6.07, 6.45) is 9.25. The molecule has 38 heavy (non-hydrogen) atoms. The highest BCUT2D eigenvalue weighted by Gasteiger charge is 2.60. The van der Waals surface area contributed by atoms with E-state index in [-0.39, 0.29) is 23.7 Å².